The van der Waals surface area contributed by atoms with Gasteiger partial charge in [0.05, 0.1) is 0 Å². The predicted molar refractivity (Wildman–Crippen MR) is 37.4 cm³/mol. The molecule has 0 heterocycles. The van der Waals surface area contributed by atoms with Gasteiger partial charge in [-0.3, -0.25) is 0 Å². The van der Waals surface area contributed by atoms with E-state index in [1.54, 1.807) is 24.3 Å². The Kier molecular flexibility index (Phi) is 2.08. The Morgan fingerprint density at radius 3 is 2.22 bits per heavy atom. The van der Waals surface area contributed by atoms with Crippen molar-refractivity contribution in [3.63, 3.8) is 0 Å². The molecule has 3 heteroatoms. The van der Waals surface area contributed by atoms with Crippen LogP contribution in [-0.2, 0) is 0 Å². The highest BCUT2D eigenvalue weighted by molar-refractivity contribution is 9.10. The summed E-state index contributed by atoms with van der Waals surface area (Å²) in [6.45, 7) is 0. The fourth-order valence-corrected chi connectivity index (χ4v) is 0.760. The first-order valence-corrected chi connectivity index (χ1v) is 3.19. The van der Waals surface area contributed by atoms with Gasteiger partial charge in [0.25, 0.3) is 0 Å². The second kappa shape index (κ2) is 2.85. The normalized spacial score (nSPS) is 9.11. The summed E-state index contributed by atoms with van der Waals surface area (Å²) in [5.41, 5.74) is 0. The maximum atomic E-state index is 8.11. The predicted octanol–water partition coefficient (Wildman–Crippen LogP) is 2.30. The first-order valence-electron chi connectivity index (χ1n) is 2.40. The third kappa shape index (κ3) is 1.69. The van der Waals surface area contributed by atoms with Crippen molar-refractivity contribution < 1.29 is 10.1 Å². The Morgan fingerprint density at radius 2 is 1.78 bits per heavy atom. The largest absolute Gasteiger partial charge is 0.340 e. The van der Waals surface area contributed by atoms with Crippen LogP contribution in [0.4, 0.5) is 0 Å². The Labute approximate surface area is 61.1 Å². The third-order valence-corrected chi connectivity index (χ3v) is 1.45. The molecule has 0 saturated heterocycles. The molecule has 9 heavy (non-hydrogen) atoms. The number of halogens is 1. The second-order valence-corrected chi connectivity index (χ2v) is 2.46. The van der Waals surface area contributed by atoms with Gasteiger partial charge in [-0.15, -0.1) is 0 Å². The van der Waals surface area contributed by atoms with Crippen molar-refractivity contribution in [3.8, 4) is 5.75 Å². The van der Waals surface area contributed by atoms with Gasteiger partial charge in [-0.1, -0.05) is 15.9 Å². The summed E-state index contributed by atoms with van der Waals surface area (Å²) in [6.07, 6.45) is 0. The molecular formula is C6H5BrO2. The topological polar surface area (TPSA) is 29.5 Å². The lowest BCUT2D eigenvalue weighted by Crippen LogP contribution is -1.80. The summed E-state index contributed by atoms with van der Waals surface area (Å²) in [5.74, 6) is 0.443. The average Bonchev–Trinajstić information content (AvgIpc) is 1.90. The summed E-state index contributed by atoms with van der Waals surface area (Å²) < 4.78 is 0.961. The van der Waals surface area contributed by atoms with E-state index < -0.39 is 0 Å². The zero-order valence-corrected chi connectivity index (χ0v) is 6.13. The quantitative estimate of drug-likeness (QED) is 0.542. The van der Waals surface area contributed by atoms with Gasteiger partial charge in [0.2, 0.25) is 0 Å². The van der Waals surface area contributed by atoms with Crippen LogP contribution in [0.2, 0.25) is 0 Å². The molecule has 0 radical (unpaired) electrons. The number of benzene rings is 1. The summed E-state index contributed by atoms with van der Waals surface area (Å²) >= 11 is 3.24. The fourth-order valence-electron chi connectivity index (χ4n) is 0.495. The first kappa shape index (κ1) is 6.58. The molecule has 0 saturated carbocycles. The minimum atomic E-state index is 0.443. The van der Waals surface area contributed by atoms with Crippen molar-refractivity contribution >= 4 is 15.9 Å². The third-order valence-electron chi connectivity index (χ3n) is 0.919. The summed E-state index contributed by atoms with van der Waals surface area (Å²) in [5, 5.41) is 8.11. The Balaban J connectivity index is 2.88. The highest BCUT2D eigenvalue weighted by atomic mass is 79.9. The van der Waals surface area contributed by atoms with Crippen molar-refractivity contribution in [2.24, 2.45) is 0 Å². The molecule has 0 aliphatic carbocycles. The zero-order chi connectivity index (χ0) is 6.69. The van der Waals surface area contributed by atoms with Crippen LogP contribution in [0.5, 0.6) is 5.75 Å². The molecule has 0 amide bonds. The zero-order valence-electron chi connectivity index (χ0n) is 4.54. The summed E-state index contributed by atoms with van der Waals surface area (Å²) in [6, 6.07) is 6.88. The lowest BCUT2D eigenvalue weighted by Gasteiger charge is -1.93. The molecule has 0 fully saturated rings. The van der Waals surface area contributed by atoms with Crippen LogP contribution in [0, 0.1) is 0 Å². The maximum absolute atomic E-state index is 8.11. The molecule has 48 valence electrons. The molecule has 0 aromatic heterocycles. The van der Waals surface area contributed by atoms with Gasteiger partial charge >= 0.3 is 0 Å². The summed E-state index contributed by atoms with van der Waals surface area (Å²) in [4.78, 5) is 3.95. The number of hydrogen-bond acceptors (Lipinski definition) is 2. The molecule has 0 atom stereocenters. The number of rotatable bonds is 1. The van der Waals surface area contributed by atoms with E-state index in [0.29, 0.717) is 5.75 Å². The lowest BCUT2D eigenvalue weighted by molar-refractivity contribution is -0.137. The van der Waals surface area contributed by atoms with Crippen LogP contribution in [0.1, 0.15) is 0 Å². The smallest absolute Gasteiger partial charge is 0.165 e. The van der Waals surface area contributed by atoms with E-state index in [9.17, 15) is 0 Å². The van der Waals surface area contributed by atoms with Crippen molar-refractivity contribution in [1.29, 1.82) is 0 Å². The van der Waals surface area contributed by atoms with Gasteiger partial charge in [-0.2, -0.15) is 0 Å². The first-order chi connectivity index (χ1) is 4.33. The lowest BCUT2D eigenvalue weighted by atomic mass is 10.3. The molecule has 1 N–H and O–H groups in total. The second-order valence-electron chi connectivity index (χ2n) is 1.55. The molecule has 2 nitrogen and oxygen atoms in total. The maximum Gasteiger partial charge on any atom is 0.165 e. The minimum Gasteiger partial charge on any atom is -0.340 e. The van der Waals surface area contributed by atoms with Crippen LogP contribution >= 0.6 is 15.9 Å². The van der Waals surface area contributed by atoms with Gasteiger partial charge in [0.1, 0.15) is 0 Å². The minimum absolute atomic E-state index is 0.443. The van der Waals surface area contributed by atoms with Crippen LogP contribution in [-0.4, -0.2) is 5.26 Å². The van der Waals surface area contributed by atoms with E-state index in [1.165, 1.54) is 0 Å². The molecule has 0 aliphatic rings. The molecule has 1 aromatic carbocycles. The molecule has 0 aliphatic heterocycles. The van der Waals surface area contributed by atoms with E-state index in [-0.39, 0.29) is 0 Å². The van der Waals surface area contributed by atoms with E-state index in [2.05, 4.69) is 20.8 Å². The average molecular weight is 189 g/mol. The van der Waals surface area contributed by atoms with E-state index in [4.69, 9.17) is 5.26 Å². The molecule has 0 unspecified atom stereocenters. The van der Waals surface area contributed by atoms with Crippen molar-refractivity contribution in [2.75, 3.05) is 0 Å². The van der Waals surface area contributed by atoms with Crippen molar-refractivity contribution in [2.45, 2.75) is 0 Å². The van der Waals surface area contributed by atoms with E-state index in [1.807, 2.05) is 0 Å². The monoisotopic (exact) mass is 188 g/mol. The van der Waals surface area contributed by atoms with Gasteiger partial charge in [0.15, 0.2) is 5.75 Å². The van der Waals surface area contributed by atoms with Crippen molar-refractivity contribution in [1.82, 2.24) is 0 Å². The van der Waals surface area contributed by atoms with E-state index in [0.717, 1.165) is 4.47 Å². The fraction of sp³-hybridized carbons (Fsp3) is 0. The standard InChI is InChI=1S/C6H5BrO2/c7-5-1-3-6(9-8)4-2-5/h1-4,8H. The van der Waals surface area contributed by atoms with Crippen LogP contribution in [0.15, 0.2) is 28.7 Å². The Hall–Kier alpha value is -0.540. The molecular weight excluding hydrogens is 184 g/mol. The van der Waals surface area contributed by atoms with E-state index >= 15 is 0 Å². The Morgan fingerprint density at radius 1 is 1.22 bits per heavy atom. The van der Waals surface area contributed by atoms with Crippen molar-refractivity contribution in [3.05, 3.63) is 28.7 Å². The van der Waals surface area contributed by atoms with Gasteiger partial charge in [-0.25, -0.2) is 5.26 Å². The molecule has 1 aromatic rings. The van der Waals surface area contributed by atoms with Crippen LogP contribution < -0.4 is 4.89 Å². The van der Waals surface area contributed by atoms with Gasteiger partial charge in [0, 0.05) is 4.47 Å². The van der Waals surface area contributed by atoms with Crippen LogP contribution in [0.25, 0.3) is 0 Å². The summed E-state index contributed by atoms with van der Waals surface area (Å²) in [7, 11) is 0. The van der Waals surface area contributed by atoms with Crippen LogP contribution in [0.3, 0.4) is 0 Å². The molecule has 0 spiro atoms. The molecule has 1 rings (SSSR count). The Bertz CT molecular complexity index is 183. The highest BCUT2D eigenvalue weighted by Gasteiger charge is 1.88. The highest BCUT2D eigenvalue weighted by Crippen LogP contribution is 2.14. The number of hydrogen-bond donors (Lipinski definition) is 1. The molecule has 0 bridgehead atoms. The van der Waals surface area contributed by atoms with Gasteiger partial charge in [-0.05, 0) is 24.3 Å². The van der Waals surface area contributed by atoms with Gasteiger partial charge < -0.3 is 4.89 Å². The SMILES string of the molecule is OOc1ccc(Br)cc1.